The molecule has 2 heterocycles. The topological polar surface area (TPSA) is 35.6 Å². The fourth-order valence-corrected chi connectivity index (χ4v) is 1.51. The Morgan fingerprint density at radius 1 is 0.700 bits per heavy atom. The monoisotopic (exact) mass is 278 g/mol. The lowest BCUT2D eigenvalue weighted by molar-refractivity contribution is 0.624. The number of hydrogen-bond donors (Lipinski definition) is 0. The summed E-state index contributed by atoms with van der Waals surface area (Å²) < 4.78 is 3.78. The van der Waals surface area contributed by atoms with E-state index in [1.54, 1.807) is 25.0 Å². The highest BCUT2D eigenvalue weighted by molar-refractivity contribution is 4.70. The lowest BCUT2D eigenvalue weighted by Crippen LogP contribution is -1.76. The number of aromatic nitrogens is 4. The van der Waals surface area contributed by atoms with Crippen LogP contribution in [0.4, 0.5) is 0 Å². The van der Waals surface area contributed by atoms with Gasteiger partial charge in [0.2, 0.25) is 0 Å². The quantitative estimate of drug-likeness (QED) is 0.768. The van der Waals surface area contributed by atoms with E-state index in [-0.39, 0.29) is 0 Å². The van der Waals surface area contributed by atoms with Crippen LogP contribution in [0, 0.1) is 0 Å². The molecule has 0 atom stereocenters. The molecule has 0 bridgehead atoms. The minimum Gasteiger partial charge on any atom is -0.341 e. The molecule has 0 aromatic carbocycles. The summed E-state index contributed by atoms with van der Waals surface area (Å²) in [6.45, 7) is 4.51. The van der Waals surface area contributed by atoms with E-state index in [2.05, 4.69) is 23.8 Å². The van der Waals surface area contributed by atoms with Gasteiger partial charge in [-0.05, 0) is 0 Å². The van der Waals surface area contributed by atoms with Crippen molar-refractivity contribution < 1.29 is 0 Å². The Labute approximate surface area is 123 Å². The smallest absolute Gasteiger partial charge is 0.0943 e. The van der Waals surface area contributed by atoms with Crippen molar-refractivity contribution in [2.45, 2.75) is 52.4 Å². The molecule has 2 aromatic heterocycles. The van der Waals surface area contributed by atoms with Crippen LogP contribution < -0.4 is 0 Å². The molecule has 2 aromatic rings. The summed E-state index contributed by atoms with van der Waals surface area (Å²) in [5, 5.41) is 0. The molecule has 0 N–H and O–H groups in total. The third-order valence-electron chi connectivity index (χ3n) is 2.73. The Balaban J connectivity index is 0.000000274. The minimum atomic E-state index is 1.36. The lowest BCUT2D eigenvalue weighted by atomic mass is 10.1. The number of rotatable bonds is 5. The number of hydrogen-bond acceptors (Lipinski definition) is 2. The molecule has 0 spiro atoms. The van der Waals surface area contributed by atoms with Gasteiger partial charge < -0.3 is 9.13 Å². The van der Waals surface area contributed by atoms with Crippen molar-refractivity contribution in [3.8, 4) is 0 Å². The van der Waals surface area contributed by atoms with Crippen LogP contribution in [0.3, 0.4) is 0 Å². The predicted octanol–water partition coefficient (Wildman–Crippen LogP) is 4.21. The van der Waals surface area contributed by atoms with Crippen molar-refractivity contribution in [1.29, 1.82) is 0 Å². The second-order valence-corrected chi connectivity index (χ2v) is 4.87. The van der Waals surface area contributed by atoms with E-state index >= 15 is 0 Å². The van der Waals surface area contributed by atoms with E-state index in [0.717, 1.165) is 0 Å². The van der Waals surface area contributed by atoms with Gasteiger partial charge in [0.25, 0.3) is 0 Å². The van der Waals surface area contributed by atoms with Gasteiger partial charge in [0.15, 0.2) is 0 Å². The minimum absolute atomic E-state index is 1.36. The molecule has 0 saturated carbocycles. The highest BCUT2D eigenvalue weighted by atomic mass is 15.0. The van der Waals surface area contributed by atoms with Crippen molar-refractivity contribution in [2.24, 2.45) is 14.1 Å². The van der Waals surface area contributed by atoms with Gasteiger partial charge in [-0.1, -0.05) is 52.4 Å². The van der Waals surface area contributed by atoms with Gasteiger partial charge >= 0.3 is 0 Å². The lowest BCUT2D eigenvalue weighted by Gasteiger charge is -1.93. The molecule has 0 aliphatic heterocycles. The average molecular weight is 278 g/mol. The average Bonchev–Trinajstić information content (AvgIpc) is 3.10. The van der Waals surface area contributed by atoms with Crippen LogP contribution in [-0.4, -0.2) is 19.1 Å². The summed E-state index contributed by atoms with van der Waals surface area (Å²) in [4.78, 5) is 7.57. The van der Waals surface area contributed by atoms with E-state index in [0.29, 0.717) is 0 Å². The van der Waals surface area contributed by atoms with Crippen LogP contribution >= 0.6 is 0 Å². The number of imidazole rings is 2. The molecule has 0 radical (unpaired) electrons. The summed E-state index contributed by atoms with van der Waals surface area (Å²) in [5.74, 6) is 0. The molecule has 114 valence electrons. The van der Waals surface area contributed by atoms with Crippen LogP contribution in [0.5, 0.6) is 0 Å². The van der Waals surface area contributed by atoms with Crippen LogP contribution in [0.15, 0.2) is 37.4 Å². The molecule has 0 aliphatic carbocycles. The van der Waals surface area contributed by atoms with Crippen molar-refractivity contribution in [3.05, 3.63) is 37.4 Å². The van der Waals surface area contributed by atoms with Crippen molar-refractivity contribution >= 4 is 0 Å². The normalized spacial score (nSPS) is 9.20. The molecule has 2 rings (SSSR count). The molecule has 0 amide bonds. The first-order valence-corrected chi connectivity index (χ1v) is 7.54. The zero-order valence-electron chi connectivity index (χ0n) is 13.5. The highest BCUT2D eigenvalue weighted by Crippen LogP contribution is 2.03. The highest BCUT2D eigenvalue weighted by Gasteiger charge is 1.83. The Hall–Kier alpha value is -1.58. The van der Waals surface area contributed by atoms with Crippen LogP contribution in [0.1, 0.15) is 52.4 Å². The standard InChI is InChI=1S/C8H18.2C4H6N2/c1-3-5-7-8-6-4-2;2*1-6-3-2-5-4-6/h3-8H2,1-2H3;2*2-4H,1H3. The summed E-state index contributed by atoms with van der Waals surface area (Å²) in [5.41, 5.74) is 0. The third kappa shape index (κ3) is 12.9. The van der Waals surface area contributed by atoms with Gasteiger partial charge in [0, 0.05) is 38.9 Å². The molecule has 20 heavy (non-hydrogen) atoms. The van der Waals surface area contributed by atoms with Crippen LogP contribution in [-0.2, 0) is 14.1 Å². The molecule has 0 saturated heterocycles. The van der Waals surface area contributed by atoms with Gasteiger partial charge in [-0.15, -0.1) is 0 Å². The van der Waals surface area contributed by atoms with Crippen molar-refractivity contribution in [2.75, 3.05) is 0 Å². The molecule has 0 aliphatic rings. The summed E-state index contributed by atoms with van der Waals surface area (Å²) in [7, 11) is 3.88. The fourth-order valence-electron chi connectivity index (χ4n) is 1.51. The molecule has 0 fully saturated rings. The largest absolute Gasteiger partial charge is 0.341 e. The Kier molecular flexibility index (Phi) is 12.7. The first-order chi connectivity index (χ1) is 9.70. The zero-order valence-corrected chi connectivity index (χ0v) is 13.5. The Morgan fingerprint density at radius 2 is 1.10 bits per heavy atom. The summed E-state index contributed by atoms with van der Waals surface area (Å²) >= 11 is 0. The van der Waals surface area contributed by atoms with Gasteiger partial charge in [-0.2, -0.15) is 0 Å². The molecule has 4 nitrogen and oxygen atoms in total. The maximum atomic E-state index is 3.78. The molecule has 4 heteroatoms. The van der Waals surface area contributed by atoms with E-state index in [4.69, 9.17) is 0 Å². The number of aryl methyl sites for hydroxylation is 2. The second kappa shape index (κ2) is 13.8. The SMILES string of the molecule is CCCCCCCC.Cn1ccnc1.Cn1ccnc1. The zero-order chi connectivity index (χ0) is 15.1. The first-order valence-electron chi connectivity index (χ1n) is 7.54. The van der Waals surface area contributed by atoms with Gasteiger partial charge in [0.05, 0.1) is 12.7 Å². The van der Waals surface area contributed by atoms with E-state index in [9.17, 15) is 0 Å². The van der Waals surface area contributed by atoms with Crippen molar-refractivity contribution in [3.63, 3.8) is 0 Å². The Bertz CT molecular complexity index is 327. The van der Waals surface area contributed by atoms with Crippen molar-refractivity contribution in [1.82, 2.24) is 19.1 Å². The van der Waals surface area contributed by atoms with Crippen LogP contribution in [0.2, 0.25) is 0 Å². The summed E-state index contributed by atoms with van der Waals surface area (Å²) in [6.07, 6.45) is 19.3. The molecular weight excluding hydrogens is 248 g/mol. The predicted molar refractivity (Wildman–Crippen MR) is 85.5 cm³/mol. The third-order valence-corrected chi connectivity index (χ3v) is 2.73. The maximum Gasteiger partial charge on any atom is 0.0943 e. The van der Waals surface area contributed by atoms with E-state index in [1.165, 1.54) is 38.5 Å². The van der Waals surface area contributed by atoms with E-state index in [1.807, 2.05) is 35.6 Å². The maximum absolute atomic E-state index is 3.78. The number of unbranched alkanes of at least 4 members (excludes halogenated alkanes) is 5. The number of nitrogens with zero attached hydrogens (tertiary/aromatic N) is 4. The van der Waals surface area contributed by atoms with Crippen LogP contribution in [0.25, 0.3) is 0 Å². The first kappa shape index (κ1) is 18.4. The molecule has 0 unspecified atom stereocenters. The van der Waals surface area contributed by atoms with Gasteiger partial charge in [-0.25, -0.2) is 9.97 Å². The fraction of sp³-hybridized carbons (Fsp3) is 0.625. The summed E-state index contributed by atoms with van der Waals surface area (Å²) in [6, 6.07) is 0. The Morgan fingerprint density at radius 3 is 1.25 bits per heavy atom. The second-order valence-electron chi connectivity index (χ2n) is 4.87. The van der Waals surface area contributed by atoms with Gasteiger partial charge in [0.1, 0.15) is 0 Å². The van der Waals surface area contributed by atoms with E-state index < -0.39 is 0 Å². The van der Waals surface area contributed by atoms with Gasteiger partial charge in [-0.3, -0.25) is 0 Å². The molecular formula is C16H30N4.